The second-order valence-corrected chi connectivity index (χ2v) is 5.59. The lowest BCUT2D eigenvalue weighted by atomic mass is 10.0. The van der Waals surface area contributed by atoms with Crippen molar-refractivity contribution in [3.05, 3.63) is 101 Å². The normalized spacial score (nSPS) is 10.2. The zero-order chi connectivity index (χ0) is 16.9. The van der Waals surface area contributed by atoms with Crippen molar-refractivity contribution in [2.75, 3.05) is 5.32 Å². The first-order valence-corrected chi connectivity index (χ1v) is 7.71. The Morgan fingerprint density at radius 2 is 1.21 bits per heavy atom. The van der Waals surface area contributed by atoms with Crippen molar-refractivity contribution < 1.29 is 9.59 Å². The highest BCUT2D eigenvalue weighted by Gasteiger charge is 2.10. The molecular weight excluding hydrogens is 298 g/mol. The Bertz CT molecular complexity index is 851. The fourth-order valence-corrected chi connectivity index (χ4v) is 2.37. The molecule has 0 aliphatic rings. The molecule has 0 aliphatic carbocycles. The molecule has 0 aromatic heterocycles. The number of hydrogen-bond donors (Lipinski definition) is 1. The molecule has 0 heterocycles. The summed E-state index contributed by atoms with van der Waals surface area (Å²) < 4.78 is 0. The van der Waals surface area contributed by atoms with E-state index in [0.29, 0.717) is 16.7 Å². The maximum absolute atomic E-state index is 12.3. The van der Waals surface area contributed by atoms with Gasteiger partial charge < -0.3 is 5.32 Å². The number of aryl methyl sites for hydroxylation is 1. The molecule has 118 valence electrons. The summed E-state index contributed by atoms with van der Waals surface area (Å²) in [6.07, 6.45) is 0. The topological polar surface area (TPSA) is 46.2 Å². The van der Waals surface area contributed by atoms with E-state index in [1.54, 1.807) is 36.4 Å². The van der Waals surface area contributed by atoms with Crippen LogP contribution in [0, 0.1) is 6.92 Å². The molecule has 1 N–H and O–H groups in total. The Kier molecular flexibility index (Phi) is 4.52. The third-order valence-electron chi connectivity index (χ3n) is 3.75. The van der Waals surface area contributed by atoms with Gasteiger partial charge in [0.1, 0.15) is 0 Å². The fourth-order valence-electron chi connectivity index (χ4n) is 2.37. The molecular formula is C21H17NO2. The summed E-state index contributed by atoms with van der Waals surface area (Å²) in [4.78, 5) is 24.6. The van der Waals surface area contributed by atoms with E-state index < -0.39 is 0 Å². The SMILES string of the molecule is Cc1ccc(NC(=O)c2ccc(C(=O)c3ccccc3)cc2)cc1. The van der Waals surface area contributed by atoms with Crippen LogP contribution >= 0.6 is 0 Å². The standard InChI is InChI=1S/C21H17NO2/c1-15-7-13-19(14-8-15)22-21(24)18-11-9-17(10-12-18)20(23)16-5-3-2-4-6-16/h2-14H,1H3,(H,22,24). The zero-order valence-corrected chi connectivity index (χ0v) is 13.3. The molecule has 0 unspecified atom stereocenters. The number of amides is 1. The molecule has 0 atom stereocenters. The van der Waals surface area contributed by atoms with Gasteiger partial charge in [0.15, 0.2) is 5.78 Å². The first kappa shape index (κ1) is 15.7. The molecule has 0 radical (unpaired) electrons. The first-order valence-electron chi connectivity index (χ1n) is 7.71. The van der Waals surface area contributed by atoms with E-state index in [4.69, 9.17) is 0 Å². The summed E-state index contributed by atoms with van der Waals surface area (Å²) in [6.45, 7) is 1.99. The summed E-state index contributed by atoms with van der Waals surface area (Å²) in [5.74, 6) is -0.251. The Balaban J connectivity index is 1.73. The number of carbonyl (C=O) groups is 2. The van der Waals surface area contributed by atoms with Gasteiger partial charge in [-0.05, 0) is 31.2 Å². The lowest BCUT2D eigenvalue weighted by Gasteiger charge is -2.06. The summed E-state index contributed by atoms with van der Waals surface area (Å²) in [5, 5.41) is 2.84. The number of anilines is 1. The van der Waals surface area contributed by atoms with E-state index in [2.05, 4.69) is 5.32 Å². The molecule has 0 saturated heterocycles. The molecule has 0 aliphatic heterocycles. The van der Waals surface area contributed by atoms with E-state index in [-0.39, 0.29) is 11.7 Å². The number of hydrogen-bond acceptors (Lipinski definition) is 2. The van der Waals surface area contributed by atoms with Gasteiger partial charge in [-0.25, -0.2) is 0 Å². The van der Waals surface area contributed by atoms with Crippen LogP contribution in [0.15, 0.2) is 78.9 Å². The van der Waals surface area contributed by atoms with Crippen molar-refractivity contribution in [3.63, 3.8) is 0 Å². The van der Waals surface area contributed by atoms with Gasteiger partial charge in [0.25, 0.3) is 5.91 Å². The minimum Gasteiger partial charge on any atom is -0.322 e. The van der Waals surface area contributed by atoms with Crippen LogP contribution in [0.25, 0.3) is 0 Å². The largest absolute Gasteiger partial charge is 0.322 e. The van der Waals surface area contributed by atoms with Crippen LogP contribution in [0.1, 0.15) is 31.8 Å². The molecule has 0 bridgehead atoms. The van der Waals surface area contributed by atoms with Crippen LogP contribution in [0.3, 0.4) is 0 Å². The summed E-state index contributed by atoms with van der Waals surface area (Å²) in [7, 11) is 0. The summed E-state index contributed by atoms with van der Waals surface area (Å²) >= 11 is 0. The number of ketones is 1. The highest BCUT2D eigenvalue weighted by molar-refractivity contribution is 6.10. The van der Waals surface area contributed by atoms with Gasteiger partial charge in [-0.2, -0.15) is 0 Å². The average molecular weight is 315 g/mol. The molecule has 3 aromatic carbocycles. The highest BCUT2D eigenvalue weighted by atomic mass is 16.1. The van der Waals surface area contributed by atoms with Crippen molar-refractivity contribution in [2.45, 2.75) is 6.92 Å². The second-order valence-electron chi connectivity index (χ2n) is 5.59. The van der Waals surface area contributed by atoms with Gasteiger partial charge >= 0.3 is 0 Å². The Hall–Kier alpha value is -3.20. The van der Waals surface area contributed by atoms with Crippen LogP contribution in [-0.2, 0) is 0 Å². The zero-order valence-electron chi connectivity index (χ0n) is 13.3. The number of rotatable bonds is 4. The van der Waals surface area contributed by atoms with Crippen LogP contribution in [0.2, 0.25) is 0 Å². The van der Waals surface area contributed by atoms with Gasteiger partial charge in [0.05, 0.1) is 0 Å². The van der Waals surface area contributed by atoms with Gasteiger partial charge in [0, 0.05) is 22.4 Å². The van der Waals surface area contributed by atoms with Gasteiger partial charge in [-0.3, -0.25) is 9.59 Å². The molecule has 3 rings (SSSR count). The molecule has 0 fully saturated rings. The van der Waals surface area contributed by atoms with E-state index >= 15 is 0 Å². The Morgan fingerprint density at radius 3 is 1.83 bits per heavy atom. The van der Waals surface area contributed by atoms with Crippen LogP contribution < -0.4 is 5.32 Å². The van der Waals surface area contributed by atoms with E-state index in [0.717, 1.165) is 11.3 Å². The van der Waals surface area contributed by atoms with Crippen molar-refractivity contribution in [1.29, 1.82) is 0 Å². The molecule has 24 heavy (non-hydrogen) atoms. The van der Waals surface area contributed by atoms with Crippen molar-refractivity contribution in [3.8, 4) is 0 Å². The first-order chi connectivity index (χ1) is 11.6. The third-order valence-corrected chi connectivity index (χ3v) is 3.75. The molecule has 1 amide bonds. The van der Waals surface area contributed by atoms with E-state index in [9.17, 15) is 9.59 Å². The molecule has 0 spiro atoms. The van der Waals surface area contributed by atoms with Gasteiger partial charge in [-0.15, -0.1) is 0 Å². The second kappa shape index (κ2) is 6.92. The number of carbonyl (C=O) groups excluding carboxylic acids is 2. The fraction of sp³-hybridized carbons (Fsp3) is 0.0476. The molecule has 3 aromatic rings. The maximum atomic E-state index is 12.3. The van der Waals surface area contributed by atoms with Crippen molar-refractivity contribution in [2.24, 2.45) is 0 Å². The monoisotopic (exact) mass is 315 g/mol. The predicted molar refractivity (Wildman–Crippen MR) is 95.4 cm³/mol. The van der Waals surface area contributed by atoms with Crippen molar-refractivity contribution in [1.82, 2.24) is 0 Å². The number of benzene rings is 3. The van der Waals surface area contributed by atoms with E-state index in [1.165, 1.54) is 0 Å². The van der Waals surface area contributed by atoms with Crippen LogP contribution in [-0.4, -0.2) is 11.7 Å². The van der Waals surface area contributed by atoms with Crippen LogP contribution in [0.4, 0.5) is 5.69 Å². The summed E-state index contributed by atoms with van der Waals surface area (Å²) in [5.41, 5.74) is 3.59. The maximum Gasteiger partial charge on any atom is 0.255 e. The Morgan fingerprint density at radius 1 is 0.667 bits per heavy atom. The lowest BCUT2D eigenvalue weighted by molar-refractivity contribution is 0.102. The van der Waals surface area contributed by atoms with E-state index in [1.807, 2.05) is 49.4 Å². The van der Waals surface area contributed by atoms with Crippen molar-refractivity contribution >= 4 is 17.4 Å². The number of nitrogens with one attached hydrogen (secondary N) is 1. The molecule has 3 nitrogen and oxygen atoms in total. The highest BCUT2D eigenvalue weighted by Crippen LogP contribution is 2.14. The van der Waals surface area contributed by atoms with Crippen LogP contribution in [0.5, 0.6) is 0 Å². The smallest absolute Gasteiger partial charge is 0.255 e. The third kappa shape index (κ3) is 3.58. The van der Waals surface area contributed by atoms with Gasteiger partial charge in [0.2, 0.25) is 0 Å². The summed E-state index contributed by atoms with van der Waals surface area (Å²) in [6, 6.07) is 23.4. The molecule has 0 saturated carbocycles. The Labute approximate surface area is 141 Å². The minimum absolute atomic E-state index is 0.0545. The average Bonchev–Trinajstić information content (AvgIpc) is 2.64. The lowest BCUT2D eigenvalue weighted by Crippen LogP contribution is -2.12. The predicted octanol–water partition coefficient (Wildman–Crippen LogP) is 4.48. The van der Waals surface area contributed by atoms with Gasteiger partial charge in [-0.1, -0.05) is 60.2 Å². The quantitative estimate of drug-likeness (QED) is 0.722. The molecule has 3 heteroatoms. The minimum atomic E-state index is -0.197.